The number of oxazole rings is 2. The maximum Gasteiger partial charge on any atom is 0.419 e. The Kier molecular flexibility index (Phi) is 3.75. The van der Waals surface area contributed by atoms with Gasteiger partial charge >= 0.3 is 5.76 Å². The molecule has 7 nitrogen and oxygen atoms in total. The summed E-state index contributed by atoms with van der Waals surface area (Å²) in [5, 5.41) is 12.9. The van der Waals surface area contributed by atoms with E-state index >= 15 is 0 Å². The van der Waals surface area contributed by atoms with Crippen LogP contribution in [0.15, 0.2) is 56.2 Å². The molecule has 0 radical (unpaired) electrons. The molecular formula is C18H11ClN4O3. The van der Waals surface area contributed by atoms with E-state index in [9.17, 15) is 10.1 Å². The van der Waals surface area contributed by atoms with Crippen LogP contribution in [0.25, 0.3) is 27.8 Å². The number of rotatable bonds is 3. The van der Waals surface area contributed by atoms with E-state index in [2.05, 4.69) is 10.3 Å². The van der Waals surface area contributed by atoms with Gasteiger partial charge in [-0.2, -0.15) is 5.26 Å². The molecule has 0 aliphatic carbocycles. The van der Waals surface area contributed by atoms with Crippen LogP contribution >= 0.6 is 11.6 Å². The van der Waals surface area contributed by atoms with E-state index in [4.69, 9.17) is 20.4 Å². The Balaban J connectivity index is 1.67. The number of halogens is 1. The second-order valence-corrected chi connectivity index (χ2v) is 5.99. The van der Waals surface area contributed by atoms with Crippen LogP contribution in [0.1, 0.15) is 5.89 Å². The van der Waals surface area contributed by atoms with Gasteiger partial charge in [-0.25, -0.2) is 9.78 Å². The highest BCUT2D eigenvalue weighted by atomic mass is 35.5. The molecule has 0 fully saturated rings. The van der Waals surface area contributed by atoms with Crippen molar-refractivity contribution in [3.8, 4) is 6.07 Å². The summed E-state index contributed by atoms with van der Waals surface area (Å²) in [7, 11) is 1.63. The third kappa shape index (κ3) is 2.72. The summed E-state index contributed by atoms with van der Waals surface area (Å²) >= 11 is 5.94. The maximum absolute atomic E-state index is 11.5. The van der Waals surface area contributed by atoms with Gasteiger partial charge < -0.3 is 14.2 Å². The molecule has 0 spiro atoms. The molecule has 4 aromatic rings. The van der Waals surface area contributed by atoms with Gasteiger partial charge in [-0.15, -0.1) is 0 Å². The molecule has 4 rings (SSSR count). The summed E-state index contributed by atoms with van der Waals surface area (Å²) in [5.74, 6) is -0.250. The summed E-state index contributed by atoms with van der Waals surface area (Å²) in [6.45, 7) is 0. The minimum Gasteiger partial charge on any atom is -0.435 e. The number of aromatic nitrogens is 2. The van der Waals surface area contributed by atoms with Gasteiger partial charge in [0, 0.05) is 30.0 Å². The lowest BCUT2D eigenvalue weighted by Gasteiger charge is -2.01. The van der Waals surface area contributed by atoms with Crippen LogP contribution in [0.2, 0.25) is 5.02 Å². The minimum atomic E-state index is -0.435. The molecule has 0 atom stereocenters. The molecule has 0 saturated heterocycles. The van der Waals surface area contributed by atoms with Crippen molar-refractivity contribution < 1.29 is 8.83 Å². The van der Waals surface area contributed by atoms with Gasteiger partial charge in [0.1, 0.15) is 17.2 Å². The molecule has 2 heterocycles. The van der Waals surface area contributed by atoms with Gasteiger partial charge in [-0.05, 0) is 30.3 Å². The van der Waals surface area contributed by atoms with E-state index in [1.807, 2.05) is 6.07 Å². The lowest BCUT2D eigenvalue weighted by atomic mass is 10.2. The number of allylic oxidation sites excluding steroid dienone is 1. The van der Waals surface area contributed by atoms with Gasteiger partial charge in [0.2, 0.25) is 5.89 Å². The third-order valence-corrected chi connectivity index (χ3v) is 4.11. The quantitative estimate of drug-likeness (QED) is 0.552. The van der Waals surface area contributed by atoms with E-state index in [0.29, 0.717) is 32.9 Å². The van der Waals surface area contributed by atoms with Crippen LogP contribution < -0.4 is 11.1 Å². The lowest BCUT2D eigenvalue weighted by molar-refractivity contribution is 0.528. The minimum absolute atomic E-state index is 0.185. The van der Waals surface area contributed by atoms with Gasteiger partial charge in [0.05, 0.1) is 5.52 Å². The summed E-state index contributed by atoms with van der Waals surface area (Å²) in [6, 6.07) is 12.3. The van der Waals surface area contributed by atoms with Crippen molar-refractivity contribution in [2.24, 2.45) is 7.05 Å². The first-order chi connectivity index (χ1) is 12.5. The fraction of sp³-hybridized carbons (Fsp3) is 0.0556. The largest absolute Gasteiger partial charge is 0.435 e. The Bertz CT molecular complexity index is 1270. The van der Waals surface area contributed by atoms with Crippen molar-refractivity contribution >= 4 is 45.1 Å². The number of hydrogen-bond acceptors (Lipinski definition) is 6. The fourth-order valence-electron chi connectivity index (χ4n) is 2.54. The average molecular weight is 367 g/mol. The predicted octanol–water partition coefficient (Wildman–Crippen LogP) is 3.90. The topological polar surface area (TPSA) is 97.0 Å². The number of nitrogens with zero attached hydrogens (tertiary/aromatic N) is 3. The second kappa shape index (κ2) is 6.10. The van der Waals surface area contributed by atoms with Crippen molar-refractivity contribution in [3.05, 3.63) is 64.1 Å². The van der Waals surface area contributed by atoms with Crippen LogP contribution in [0, 0.1) is 11.3 Å². The molecule has 8 heteroatoms. The SMILES string of the molecule is Cn1c(=O)oc2cc(N/C=C(\C#N)c3nc4cc(Cl)ccc4o3)ccc21. The summed E-state index contributed by atoms with van der Waals surface area (Å²) in [6.07, 6.45) is 1.48. The third-order valence-electron chi connectivity index (χ3n) is 3.88. The molecule has 0 amide bonds. The molecule has 0 aliphatic rings. The van der Waals surface area contributed by atoms with Crippen LogP contribution in [0.5, 0.6) is 0 Å². The number of aryl methyl sites for hydroxylation is 1. The van der Waals surface area contributed by atoms with Crippen LogP contribution in [0.4, 0.5) is 5.69 Å². The van der Waals surface area contributed by atoms with Crippen LogP contribution in [-0.2, 0) is 7.05 Å². The Morgan fingerprint density at radius 3 is 2.92 bits per heavy atom. The molecular weight excluding hydrogens is 356 g/mol. The summed E-state index contributed by atoms with van der Waals surface area (Å²) in [5.41, 5.74) is 3.11. The number of nitrogens with one attached hydrogen (secondary N) is 1. The number of hydrogen-bond donors (Lipinski definition) is 1. The molecule has 2 aromatic carbocycles. The first-order valence-electron chi connectivity index (χ1n) is 7.58. The van der Waals surface area contributed by atoms with E-state index in [-0.39, 0.29) is 11.5 Å². The van der Waals surface area contributed by atoms with Crippen molar-refractivity contribution in [1.82, 2.24) is 9.55 Å². The van der Waals surface area contributed by atoms with Crippen molar-refractivity contribution in [2.75, 3.05) is 5.32 Å². The molecule has 1 N–H and O–H groups in total. The smallest absolute Gasteiger partial charge is 0.419 e. The van der Waals surface area contributed by atoms with E-state index in [1.54, 1.807) is 43.4 Å². The van der Waals surface area contributed by atoms with Crippen LogP contribution in [-0.4, -0.2) is 9.55 Å². The van der Waals surface area contributed by atoms with E-state index in [0.717, 1.165) is 0 Å². The number of benzene rings is 2. The zero-order valence-electron chi connectivity index (χ0n) is 13.5. The van der Waals surface area contributed by atoms with Crippen LogP contribution in [0.3, 0.4) is 0 Å². The molecule has 2 aromatic heterocycles. The second-order valence-electron chi connectivity index (χ2n) is 5.55. The highest BCUT2D eigenvalue weighted by molar-refractivity contribution is 6.31. The molecule has 0 unspecified atom stereocenters. The molecule has 128 valence electrons. The monoisotopic (exact) mass is 366 g/mol. The lowest BCUT2D eigenvalue weighted by Crippen LogP contribution is -2.08. The standard InChI is InChI=1S/C18H11ClN4O3/c1-23-14-4-3-12(7-16(14)26-18(23)24)21-9-10(8-20)17-22-13-6-11(19)2-5-15(13)25-17/h2-7,9,21H,1H3/b10-9+. The molecule has 0 aliphatic heterocycles. The van der Waals surface area contributed by atoms with E-state index < -0.39 is 5.76 Å². The Morgan fingerprint density at radius 1 is 1.27 bits per heavy atom. The van der Waals surface area contributed by atoms with Gasteiger partial charge in [-0.1, -0.05) is 11.6 Å². The highest BCUT2D eigenvalue weighted by Gasteiger charge is 2.11. The fourth-order valence-corrected chi connectivity index (χ4v) is 2.70. The first-order valence-corrected chi connectivity index (χ1v) is 7.96. The average Bonchev–Trinajstić information content (AvgIpc) is 3.16. The summed E-state index contributed by atoms with van der Waals surface area (Å²) in [4.78, 5) is 15.8. The van der Waals surface area contributed by atoms with Gasteiger partial charge in [0.25, 0.3) is 0 Å². The zero-order chi connectivity index (χ0) is 18.3. The first kappa shape index (κ1) is 16.0. The number of nitriles is 1. The predicted molar refractivity (Wildman–Crippen MR) is 97.7 cm³/mol. The van der Waals surface area contributed by atoms with Crippen molar-refractivity contribution in [1.29, 1.82) is 5.26 Å². The highest BCUT2D eigenvalue weighted by Crippen LogP contribution is 2.24. The Morgan fingerprint density at radius 2 is 2.12 bits per heavy atom. The van der Waals surface area contributed by atoms with E-state index in [1.165, 1.54) is 10.8 Å². The molecule has 0 saturated carbocycles. The molecule has 0 bridgehead atoms. The normalized spacial score (nSPS) is 11.8. The van der Waals surface area contributed by atoms with Crippen molar-refractivity contribution in [3.63, 3.8) is 0 Å². The van der Waals surface area contributed by atoms with Gasteiger partial charge in [-0.3, -0.25) is 4.57 Å². The van der Waals surface area contributed by atoms with Crippen molar-refractivity contribution in [2.45, 2.75) is 0 Å². The Hall–Kier alpha value is -3.50. The Labute approximate surface area is 151 Å². The zero-order valence-corrected chi connectivity index (χ0v) is 14.2. The maximum atomic E-state index is 11.5. The number of fused-ring (bicyclic) bond motifs is 2. The van der Waals surface area contributed by atoms with Gasteiger partial charge in [0.15, 0.2) is 11.2 Å². The number of anilines is 1. The summed E-state index contributed by atoms with van der Waals surface area (Å²) < 4.78 is 12.2. The molecule has 26 heavy (non-hydrogen) atoms.